The maximum Gasteiger partial charge on any atom is 0.407 e. The Labute approximate surface area is 235 Å². The number of H-pyrrole nitrogens is 1. The summed E-state index contributed by atoms with van der Waals surface area (Å²) in [5.74, 6) is -4.65. The molecule has 0 aliphatic heterocycles. The summed E-state index contributed by atoms with van der Waals surface area (Å²) in [6.45, 7) is 2.79. The SMILES string of the molecule is COC(=O)NC(CCC=CC(=O)N(C)C)C(=O)Nc1cccn(Cc2nc3c(C(F)(F)C(C)C)cccc3[nH]2)c1=O. The first-order valence-electron chi connectivity index (χ1n) is 12.9. The maximum atomic E-state index is 14.8. The highest BCUT2D eigenvalue weighted by Crippen LogP contribution is 2.38. The van der Waals surface area contributed by atoms with Crippen LogP contribution >= 0.6 is 0 Å². The number of ether oxygens (including phenoxy) is 1. The fraction of sp³-hybridized carbons (Fsp3) is 0.393. The van der Waals surface area contributed by atoms with Crippen molar-refractivity contribution in [2.45, 2.75) is 45.2 Å². The molecule has 0 saturated carbocycles. The average Bonchev–Trinajstić information content (AvgIpc) is 3.34. The van der Waals surface area contributed by atoms with E-state index in [1.54, 1.807) is 26.2 Å². The number of halogens is 2. The summed E-state index contributed by atoms with van der Waals surface area (Å²) in [6, 6.07) is 6.37. The number of fused-ring (bicyclic) bond motifs is 1. The third-order valence-electron chi connectivity index (χ3n) is 6.36. The molecule has 0 radical (unpaired) electrons. The summed E-state index contributed by atoms with van der Waals surface area (Å²) < 4.78 is 35.5. The maximum absolute atomic E-state index is 14.8. The van der Waals surface area contributed by atoms with Gasteiger partial charge >= 0.3 is 6.09 Å². The zero-order valence-corrected chi connectivity index (χ0v) is 23.5. The molecule has 0 fully saturated rings. The van der Waals surface area contributed by atoms with Gasteiger partial charge in [0.25, 0.3) is 11.5 Å². The number of likely N-dealkylation sites (N-methyl/N-ethyl adjacent to an activating group) is 1. The monoisotopic (exact) mass is 572 g/mol. The number of amides is 3. The molecule has 13 heteroatoms. The van der Waals surface area contributed by atoms with Crippen LogP contribution in [-0.4, -0.2) is 64.6 Å². The minimum atomic E-state index is -3.10. The molecule has 0 saturated heterocycles. The van der Waals surface area contributed by atoms with Crippen molar-refractivity contribution in [2.75, 3.05) is 26.5 Å². The summed E-state index contributed by atoms with van der Waals surface area (Å²) in [6.07, 6.45) is 3.98. The van der Waals surface area contributed by atoms with E-state index < -0.39 is 35.4 Å². The Balaban J connectivity index is 1.80. The van der Waals surface area contributed by atoms with Crippen LogP contribution in [0.4, 0.5) is 19.3 Å². The number of para-hydroxylation sites is 1. The van der Waals surface area contributed by atoms with Crippen LogP contribution in [0.25, 0.3) is 11.0 Å². The fourth-order valence-corrected chi connectivity index (χ4v) is 3.94. The van der Waals surface area contributed by atoms with Crippen molar-refractivity contribution in [3.63, 3.8) is 0 Å². The summed E-state index contributed by atoms with van der Waals surface area (Å²) in [5, 5.41) is 4.95. The number of hydrogen-bond acceptors (Lipinski definition) is 6. The fourth-order valence-electron chi connectivity index (χ4n) is 3.94. The third-order valence-corrected chi connectivity index (χ3v) is 6.36. The number of carbonyl (C=O) groups excluding carboxylic acids is 3. The smallest absolute Gasteiger partial charge is 0.407 e. The molecule has 41 heavy (non-hydrogen) atoms. The number of aromatic nitrogens is 3. The largest absolute Gasteiger partial charge is 0.453 e. The highest BCUT2D eigenvalue weighted by Gasteiger charge is 2.37. The molecule has 0 aliphatic carbocycles. The molecule has 1 aromatic carbocycles. The minimum Gasteiger partial charge on any atom is -0.453 e. The van der Waals surface area contributed by atoms with Gasteiger partial charge in [0.2, 0.25) is 11.8 Å². The van der Waals surface area contributed by atoms with Crippen LogP contribution in [0.15, 0.2) is 53.5 Å². The first-order chi connectivity index (χ1) is 19.3. The van der Waals surface area contributed by atoms with E-state index in [1.807, 2.05) is 0 Å². The van der Waals surface area contributed by atoms with E-state index in [0.717, 1.165) is 7.11 Å². The number of allylic oxidation sites excluding steroid dienone is 1. The number of anilines is 1. The van der Waals surface area contributed by atoms with Gasteiger partial charge in [0.15, 0.2) is 0 Å². The second-order valence-electron chi connectivity index (χ2n) is 9.91. The Bertz CT molecular complexity index is 1490. The van der Waals surface area contributed by atoms with Gasteiger partial charge in [0.1, 0.15) is 17.6 Å². The number of aromatic amines is 1. The molecule has 2 heterocycles. The Morgan fingerprint density at radius 2 is 1.93 bits per heavy atom. The van der Waals surface area contributed by atoms with Crippen molar-refractivity contribution in [1.29, 1.82) is 0 Å². The molecule has 3 N–H and O–H groups in total. The van der Waals surface area contributed by atoms with Gasteiger partial charge in [0.05, 0.1) is 24.7 Å². The highest BCUT2D eigenvalue weighted by molar-refractivity contribution is 5.96. The average molecular weight is 573 g/mol. The third kappa shape index (κ3) is 7.56. The van der Waals surface area contributed by atoms with Crippen molar-refractivity contribution < 1.29 is 27.9 Å². The summed E-state index contributed by atoms with van der Waals surface area (Å²) in [7, 11) is 4.36. The lowest BCUT2D eigenvalue weighted by Gasteiger charge is -2.20. The molecule has 0 spiro atoms. The number of benzene rings is 1. The number of imidazole rings is 1. The number of carbonyl (C=O) groups is 3. The van der Waals surface area contributed by atoms with Crippen molar-refractivity contribution in [1.82, 2.24) is 24.8 Å². The van der Waals surface area contributed by atoms with Gasteiger partial charge in [-0.3, -0.25) is 14.4 Å². The molecule has 0 aliphatic rings. The zero-order valence-electron chi connectivity index (χ0n) is 23.5. The second kappa shape index (κ2) is 13.2. The van der Waals surface area contributed by atoms with E-state index in [-0.39, 0.29) is 47.9 Å². The summed E-state index contributed by atoms with van der Waals surface area (Å²) in [4.78, 5) is 58.4. The zero-order chi connectivity index (χ0) is 30.3. The van der Waals surface area contributed by atoms with Gasteiger partial charge in [-0.1, -0.05) is 32.1 Å². The van der Waals surface area contributed by atoms with Crippen LogP contribution in [0.3, 0.4) is 0 Å². The molecule has 11 nitrogen and oxygen atoms in total. The van der Waals surface area contributed by atoms with E-state index in [0.29, 0.717) is 5.52 Å². The lowest BCUT2D eigenvalue weighted by molar-refractivity contribution is -0.123. The van der Waals surface area contributed by atoms with Crippen LogP contribution in [0.5, 0.6) is 0 Å². The molecule has 0 bridgehead atoms. The lowest BCUT2D eigenvalue weighted by atomic mass is 9.97. The van der Waals surface area contributed by atoms with Gasteiger partial charge in [-0.2, -0.15) is 0 Å². The molecule has 2 aromatic heterocycles. The van der Waals surface area contributed by atoms with E-state index >= 15 is 0 Å². The molecule has 3 rings (SSSR count). The van der Waals surface area contributed by atoms with Crippen LogP contribution < -0.4 is 16.2 Å². The minimum absolute atomic E-state index is 0.0596. The van der Waals surface area contributed by atoms with Crippen LogP contribution in [0.2, 0.25) is 0 Å². The number of nitrogens with one attached hydrogen (secondary N) is 3. The number of rotatable bonds is 11. The van der Waals surface area contributed by atoms with Crippen molar-refractivity contribution >= 4 is 34.6 Å². The number of methoxy groups -OCH3 is 1. The van der Waals surface area contributed by atoms with Gasteiger partial charge in [-0.25, -0.2) is 18.6 Å². The van der Waals surface area contributed by atoms with Crippen LogP contribution in [0, 0.1) is 5.92 Å². The van der Waals surface area contributed by atoms with Gasteiger partial charge in [0, 0.05) is 31.8 Å². The van der Waals surface area contributed by atoms with Gasteiger partial charge < -0.3 is 29.8 Å². The number of alkyl halides is 2. The number of nitrogens with zero attached hydrogens (tertiary/aromatic N) is 3. The molecule has 3 aromatic rings. The predicted molar refractivity (Wildman–Crippen MR) is 150 cm³/mol. The standard InChI is InChI=1S/C28H34F2N6O5/c1-17(2)28(29,30)18-10-8-12-19-24(18)34-22(31-19)16-36-15-9-13-21(26(36)39)32-25(38)20(33-27(40)41-5)11-6-7-14-23(37)35(3)4/h7-10,12-15,17,20H,6,11,16H2,1-5H3,(H,31,34)(H,32,38)(H,33,40). The summed E-state index contributed by atoms with van der Waals surface area (Å²) >= 11 is 0. The molecular weight excluding hydrogens is 538 g/mol. The van der Waals surface area contributed by atoms with E-state index in [4.69, 9.17) is 0 Å². The molecule has 1 unspecified atom stereocenters. The van der Waals surface area contributed by atoms with E-state index in [1.165, 1.54) is 59.9 Å². The Kier molecular flexibility index (Phi) is 9.98. The lowest BCUT2D eigenvalue weighted by Crippen LogP contribution is -2.44. The van der Waals surface area contributed by atoms with Gasteiger partial charge in [-0.15, -0.1) is 0 Å². The normalized spacial score (nSPS) is 12.5. The summed E-state index contributed by atoms with van der Waals surface area (Å²) in [5.41, 5.74) is -0.297. The van der Waals surface area contributed by atoms with E-state index in [9.17, 15) is 28.0 Å². The molecule has 3 amide bonds. The highest BCUT2D eigenvalue weighted by atomic mass is 19.3. The van der Waals surface area contributed by atoms with Crippen molar-refractivity contribution in [2.24, 2.45) is 5.92 Å². The molecule has 220 valence electrons. The number of alkyl carbamates (subject to hydrolysis) is 1. The van der Waals surface area contributed by atoms with Crippen LogP contribution in [-0.2, 0) is 26.8 Å². The molecule has 1 atom stereocenters. The van der Waals surface area contributed by atoms with Crippen LogP contribution in [0.1, 0.15) is 38.1 Å². The first kappa shape index (κ1) is 31.0. The Hall–Kier alpha value is -4.55. The number of pyridine rings is 1. The van der Waals surface area contributed by atoms with Crippen molar-refractivity contribution in [3.05, 3.63) is 70.4 Å². The molecular formula is C28H34F2N6O5. The second-order valence-corrected chi connectivity index (χ2v) is 9.91. The first-order valence-corrected chi connectivity index (χ1v) is 12.9. The topological polar surface area (TPSA) is 138 Å². The van der Waals surface area contributed by atoms with Crippen molar-refractivity contribution in [3.8, 4) is 0 Å². The quantitative estimate of drug-likeness (QED) is 0.300. The Morgan fingerprint density at radius 3 is 2.59 bits per heavy atom. The Morgan fingerprint density at radius 1 is 1.20 bits per heavy atom. The van der Waals surface area contributed by atoms with Gasteiger partial charge in [-0.05, 0) is 37.1 Å². The number of hydrogen-bond donors (Lipinski definition) is 3. The predicted octanol–water partition coefficient (Wildman–Crippen LogP) is 3.61. The van der Waals surface area contributed by atoms with E-state index in [2.05, 4.69) is 25.3 Å².